The van der Waals surface area contributed by atoms with Crippen molar-refractivity contribution in [2.24, 2.45) is 0 Å². The fourth-order valence-electron chi connectivity index (χ4n) is 2.76. The number of piperidine rings is 1. The van der Waals surface area contributed by atoms with Gasteiger partial charge in [0.25, 0.3) is 0 Å². The minimum Gasteiger partial charge on any atom is -0.450 e. The highest BCUT2D eigenvalue weighted by Gasteiger charge is 2.46. The molecular formula is C17H25NO5. The van der Waals surface area contributed by atoms with Crippen molar-refractivity contribution in [3.05, 3.63) is 35.9 Å². The number of rotatable bonds is 6. The van der Waals surface area contributed by atoms with Crippen LogP contribution in [0.4, 0.5) is 4.79 Å². The summed E-state index contributed by atoms with van der Waals surface area (Å²) in [6.07, 6.45) is -0.198. The number of amides is 1. The van der Waals surface area contributed by atoms with Gasteiger partial charge >= 0.3 is 6.09 Å². The molecular weight excluding hydrogens is 298 g/mol. The van der Waals surface area contributed by atoms with Gasteiger partial charge < -0.3 is 23.8 Å². The van der Waals surface area contributed by atoms with E-state index in [0.29, 0.717) is 32.7 Å². The fourth-order valence-corrected chi connectivity index (χ4v) is 2.76. The van der Waals surface area contributed by atoms with Crippen LogP contribution in [0.3, 0.4) is 0 Å². The number of likely N-dealkylation sites (tertiary alicyclic amines) is 1. The molecule has 6 nitrogen and oxygen atoms in total. The second kappa shape index (κ2) is 8.29. The van der Waals surface area contributed by atoms with Crippen LogP contribution in [-0.2, 0) is 25.6 Å². The average molecular weight is 323 g/mol. The van der Waals surface area contributed by atoms with E-state index in [2.05, 4.69) is 0 Å². The molecule has 1 aromatic carbocycles. The molecule has 6 heteroatoms. The summed E-state index contributed by atoms with van der Waals surface area (Å²) < 4.78 is 22.3. The molecule has 1 atom stereocenters. The van der Waals surface area contributed by atoms with Crippen LogP contribution in [0.1, 0.15) is 18.9 Å². The molecule has 1 saturated heterocycles. The van der Waals surface area contributed by atoms with Gasteiger partial charge in [-0.05, 0) is 12.5 Å². The van der Waals surface area contributed by atoms with Crippen LogP contribution in [0.25, 0.3) is 0 Å². The zero-order chi connectivity index (χ0) is 16.7. The van der Waals surface area contributed by atoms with Gasteiger partial charge in [-0.25, -0.2) is 4.79 Å². The third-order valence-corrected chi connectivity index (χ3v) is 4.12. The van der Waals surface area contributed by atoms with E-state index in [1.807, 2.05) is 30.3 Å². The molecule has 0 saturated carbocycles. The van der Waals surface area contributed by atoms with Crippen LogP contribution in [0, 0.1) is 0 Å². The molecule has 0 aromatic heterocycles. The Morgan fingerprint density at radius 1 is 1.26 bits per heavy atom. The monoisotopic (exact) mass is 323 g/mol. The summed E-state index contributed by atoms with van der Waals surface area (Å²) in [5, 5.41) is 0. The summed E-state index contributed by atoms with van der Waals surface area (Å²) in [5.74, 6) is -0.849. The van der Waals surface area contributed by atoms with E-state index in [-0.39, 0.29) is 6.09 Å². The third-order valence-electron chi connectivity index (χ3n) is 4.12. The van der Waals surface area contributed by atoms with Crippen molar-refractivity contribution in [2.75, 3.05) is 33.9 Å². The molecule has 128 valence electrons. The second-order valence-electron chi connectivity index (χ2n) is 5.40. The van der Waals surface area contributed by atoms with Gasteiger partial charge in [-0.2, -0.15) is 0 Å². The normalized spacial score (nSPS) is 20.3. The number of ether oxygens (including phenoxy) is 4. The smallest absolute Gasteiger partial charge is 0.409 e. The maximum atomic E-state index is 12.0. The van der Waals surface area contributed by atoms with Crippen LogP contribution >= 0.6 is 0 Å². The molecule has 1 aromatic rings. The minimum absolute atomic E-state index is 0.332. The maximum absolute atomic E-state index is 12.0. The van der Waals surface area contributed by atoms with Crippen LogP contribution < -0.4 is 0 Å². The van der Waals surface area contributed by atoms with E-state index in [1.54, 1.807) is 26.0 Å². The van der Waals surface area contributed by atoms with Crippen molar-refractivity contribution in [1.82, 2.24) is 4.90 Å². The quantitative estimate of drug-likeness (QED) is 0.753. The van der Waals surface area contributed by atoms with Gasteiger partial charge in [0, 0.05) is 27.2 Å². The Morgan fingerprint density at radius 2 is 1.96 bits per heavy atom. The Balaban J connectivity index is 2.06. The predicted octanol–water partition coefficient (Wildman–Crippen LogP) is 2.42. The standard InChI is InChI=1S/C17H25NO5/c1-4-22-16(19)18-11-10-17(20-2,21-3)15(12-18)23-13-14-8-6-5-7-9-14/h5-9,15H,4,10-13H2,1-3H3. The minimum atomic E-state index is -0.849. The molecule has 1 fully saturated rings. The first-order valence-electron chi connectivity index (χ1n) is 7.82. The first-order chi connectivity index (χ1) is 11.1. The lowest BCUT2D eigenvalue weighted by molar-refractivity contribution is -0.288. The average Bonchev–Trinajstić information content (AvgIpc) is 2.60. The highest BCUT2D eigenvalue weighted by molar-refractivity contribution is 5.67. The van der Waals surface area contributed by atoms with Crippen LogP contribution in [-0.4, -0.2) is 56.8 Å². The van der Waals surface area contributed by atoms with Gasteiger partial charge in [0.1, 0.15) is 6.10 Å². The van der Waals surface area contributed by atoms with E-state index in [9.17, 15) is 4.79 Å². The second-order valence-corrected chi connectivity index (χ2v) is 5.40. The van der Waals surface area contributed by atoms with Gasteiger partial charge in [-0.15, -0.1) is 0 Å². The summed E-state index contributed by atoms with van der Waals surface area (Å²) in [6, 6.07) is 9.87. The van der Waals surface area contributed by atoms with E-state index >= 15 is 0 Å². The van der Waals surface area contributed by atoms with E-state index in [4.69, 9.17) is 18.9 Å². The number of carbonyl (C=O) groups is 1. The zero-order valence-electron chi connectivity index (χ0n) is 14.0. The number of nitrogens with zero attached hydrogens (tertiary/aromatic N) is 1. The van der Waals surface area contributed by atoms with Crippen molar-refractivity contribution < 1.29 is 23.7 Å². The SMILES string of the molecule is CCOC(=O)N1CCC(OC)(OC)C(OCc2ccccc2)C1. The van der Waals surface area contributed by atoms with Crippen LogP contribution in [0.5, 0.6) is 0 Å². The zero-order valence-corrected chi connectivity index (χ0v) is 14.0. The molecule has 0 spiro atoms. The van der Waals surface area contributed by atoms with Crippen molar-refractivity contribution in [3.63, 3.8) is 0 Å². The Morgan fingerprint density at radius 3 is 2.57 bits per heavy atom. The Kier molecular flexibility index (Phi) is 6.38. The first-order valence-corrected chi connectivity index (χ1v) is 7.82. The van der Waals surface area contributed by atoms with Gasteiger partial charge in [-0.1, -0.05) is 30.3 Å². The number of benzene rings is 1. The van der Waals surface area contributed by atoms with Crippen LogP contribution in [0.2, 0.25) is 0 Å². The van der Waals surface area contributed by atoms with Gasteiger partial charge in [0.15, 0.2) is 5.79 Å². The number of hydrogen-bond donors (Lipinski definition) is 0. The molecule has 0 aliphatic carbocycles. The Labute approximate surface area is 137 Å². The van der Waals surface area contributed by atoms with Gasteiger partial charge in [0.05, 0.1) is 19.8 Å². The van der Waals surface area contributed by atoms with Crippen LogP contribution in [0.15, 0.2) is 30.3 Å². The molecule has 0 radical (unpaired) electrons. The van der Waals surface area contributed by atoms with E-state index in [0.717, 1.165) is 5.56 Å². The van der Waals surface area contributed by atoms with Crippen molar-refractivity contribution in [1.29, 1.82) is 0 Å². The summed E-state index contributed by atoms with van der Waals surface area (Å²) in [7, 11) is 3.20. The number of hydrogen-bond acceptors (Lipinski definition) is 5. The lowest BCUT2D eigenvalue weighted by Gasteiger charge is -2.44. The highest BCUT2D eigenvalue weighted by Crippen LogP contribution is 2.30. The molecule has 1 aliphatic heterocycles. The van der Waals surface area contributed by atoms with E-state index < -0.39 is 11.9 Å². The molecule has 1 unspecified atom stereocenters. The number of carbonyl (C=O) groups excluding carboxylic acids is 1. The largest absolute Gasteiger partial charge is 0.450 e. The topological polar surface area (TPSA) is 57.2 Å². The molecule has 23 heavy (non-hydrogen) atoms. The summed E-state index contributed by atoms with van der Waals surface area (Å²) in [4.78, 5) is 13.6. The molecule has 0 bridgehead atoms. The first kappa shape index (κ1) is 17.7. The summed E-state index contributed by atoms with van der Waals surface area (Å²) >= 11 is 0. The predicted molar refractivity (Wildman–Crippen MR) is 85.0 cm³/mol. The lowest BCUT2D eigenvalue weighted by Crippen LogP contribution is -2.59. The third kappa shape index (κ3) is 4.22. The molecule has 1 aliphatic rings. The summed E-state index contributed by atoms with van der Waals surface area (Å²) in [6.45, 7) is 3.44. The Bertz CT molecular complexity index is 489. The fraction of sp³-hybridized carbons (Fsp3) is 0.588. The highest BCUT2D eigenvalue weighted by atomic mass is 16.7. The van der Waals surface area contributed by atoms with E-state index in [1.165, 1.54) is 0 Å². The van der Waals surface area contributed by atoms with Gasteiger partial charge in [-0.3, -0.25) is 0 Å². The summed E-state index contributed by atoms with van der Waals surface area (Å²) in [5.41, 5.74) is 1.06. The van der Waals surface area contributed by atoms with Crippen molar-refractivity contribution in [3.8, 4) is 0 Å². The lowest BCUT2D eigenvalue weighted by atomic mass is 10.00. The van der Waals surface area contributed by atoms with Gasteiger partial charge in [0.2, 0.25) is 0 Å². The molecule has 0 N–H and O–H groups in total. The maximum Gasteiger partial charge on any atom is 0.409 e. The molecule has 1 heterocycles. The number of methoxy groups -OCH3 is 2. The molecule has 2 rings (SSSR count). The molecule has 1 amide bonds. The Hall–Kier alpha value is -1.63. The van der Waals surface area contributed by atoms with Crippen molar-refractivity contribution >= 4 is 6.09 Å². The van der Waals surface area contributed by atoms with Crippen molar-refractivity contribution in [2.45, 2.75) is 31.8 Å².